The molecule has 0 spiro atoms. The minimum atomic E-state index is -1.02. The molecule has 10 nitrogen and oxygen atoms in total. The second-order valence-electron chi connectivity index (χ2n) is 7.28. The number of esters is 1. The third kappa shape index (κ3) is 6.53. The van der Waals surface area contributed by atoms with Gasteiger partial charge in [0.2, 0.25) is 5.95 Å². The molecule has 0 atom stereocenters. The van der Waals surface area contributed by atoms with E-state index in [0.717, 1.165) is 12.3 Å². The Morgan fingerprint density at radius 1 is 1.15 bits per heavy atom. The largest absolute Gasteiger partial charge is 0.494 e. The lowest BCUT2D eigenvalue weighted by Crippen LogP contribution is -2.45. The van der Waals surface area contributed by atoms with E-state index in [1.165, 1.54) is 32.8 Å². The Kier molecular flexibility index (Phi) is 9.10. The Bertz CT molecular complexity index is 1020. The number of methoxy groups -OCH3 is 2. The number of benzene rings is 1. The molecule has 2 rings (SSSR count). The minimum absolute atomic E-state index is 0.123. The summed E-state index contributed by atoms with van der Waals surface area (Å²) in [5, 5.41) is 13.2. The number of ether oxygens (including phenoxy) is 4. The van der Waals surface area contributed by atoms with Crippen LogP contribution < -0.4 is 24.8 Å². The lowest BCUT2D eigenvalue weighted by molar-refractivity contribution is -0.149. The molecule has 184 valence electrons. The zero-order valence-corrected chi connectivity index (χ0v) is 19.5. The molecule has 3 N–H and O–H groups in total. The highest BCUT2D eigenvalue weighted by molar-refractivity contribution is 5.82. The van der Waals surface area contributed by atoms with Crippen molar-refractivity contribution in [3.63, 3.8) is 0 Å². The summed E-state index contributed by atoms with van der Waals surface area (Å²) in [6, 6.07) is 1.11. The number of aromatic nitrogens is 2. The number of halogens is 2. The summed E-state index contributed by atoms with van der Waals surface area (Å²) in [6.45, 7) is 4.76. The molecule has 0 aliphatic heterocycles. The number of carbonyl (C=O) groups is 1. The van der Waals surface area contributed by atoms with Gasteiger partial charge in [-0.3, -0.25) is 0 Å². The molecule has 0 fully saturated rings. The van der Waals surface area contributed by atoms with Gasteiger partial charge >= 0.3 is 5.97 Å². The third-order valence-corrected chi connectivity index (χ3v) is 4.46. The summed E-state index contributed by atoms with van der Waals surface area (Å²) >= 11 is 0. The monoisotopic (exact) mass is 479 g/mol. The molecule has 2 aromatic rings. The lowest BCUT2D eigenvalue weighted by Gasteiger charge is -2.23. The highest BCUT2D eigenvalue weighted by atomic mass is 19.1. The van der Waals surface area contributed by atoms with Crippen LogP contribution >= 0.6 is 0 Å². The summed E-state index contributed by atoms with van der Waals surface area (Å²) in [4.78, 5) is 20.1. The molecule has 0 saturated carbocycles. The van der Waals surface area contributed by atoms with E-state index in [1.807, 2.05) is 0 Å². The van der Waals surface area contributed by atoms with Crippen molar-refractivity contribution in [1.82, 2.24) is 15.3 Å². The summed E-state index contributed by atoms with van der Waals surface area (Å²) < 4.78 is 49.1. The van der Waals surface area contributed by atoms with E-state index in [4.69, 9.17) is 24.4 Å². The van der Waals surface area contributed by atoms with Crippen LogP contribution in [0.2, 0.25) is 0 Å². The number of nitrogens with zero attached hydrogens (tertiary/aromatic N) is 2. The van der Waals surface area contributed by atoms with Crippen LogP contribution in [0.25, 0.3) is 0 Å². The van der Waals surface area contributed by atoms with E-state index in [-0.39, 0.29) is 41.1 Å². The van der Waals surface area contributed by atoms with Crippen LogP contribution in [0.4, 0.5) is 14.7 Å². The van der Waals surface area contributed by atoms with Crippen LogP contribution in [0.15, 0.2) is 30.4 Å². The molecule has 0 amide bonds. The van der Waals surface area contributed by atoms with Gasteiger partial charge in [-0.15, -0.1) is 0 Å². The Morgan fingerprint density at radius 2 is 1.74 bits per heavy atom. The summed E-state index contributed by atoms with van der Waals surface area (Å²) in [6.07, 6.45) is 5.00. The highest BCUT2D eigenvalue weighted by Gasteiger charge is 2.27. The van der Waals surface area contributed by atoms with Crippen LogP contribution in [-0.2, 0) is 16.1 Å². The van der Waals surface area contributed by atoms with E-state index in [2.05, 4.69) is 20.6 Å². The lowest BCUT2D eigenvalue weighted by atomic mass is 10.1. The zero-order valence-electron chi connectivity index (χ0n) is 19.5. The van der Waals surface area contributed by atoms with Gasteiger partial charge in [0, 0.05) is 18.5 Å². The fourth-order valence-corrected chi connectivity index (χ4v) is 2.55. The fourth-order valence-electron chi connectivity index (χ4n) is 2.55. The number of allylic oxidation sites excluding steroid dienone is 1. The van der Waals surface area contributed by atoms with E-state index in [1.54, 1.807) is 20.8 Å². The van der Waals surface area contributed by atoms with Crippen molar-refractivity contribution in [1.29, 1.82) is 5.41 Å². The van der Waals surface area contributed by atoms with E-state index < -0.39 is 29.7 Å². The summed E-state index contributed by atoms with van der Waals surface area (Å²) in [5.41, 5.74) is -1.13. The number of rotatable bonds is 12. The van der Waals surface area contributed by atoms with Crippen molar-refractivity contribution in [2.75, 3.05) is 26.1 Å². The Morgan fingerprint density at radius 3 is 2.24 bits per heavy atom. The SMILES string of the molecule is CCOC(=O)C(C)(C)N/C=C(\C=N)Nc1ncc(OCc2c(F)c(OC)cc(OC)c2F)cn1. The average molecular weight is 479 g/mol. The first-order valence-electron chi connectivity index (χ1n) is 10.1. The van der Waals surface area contributed by atoms with E-state index in [0.29, 0.717) is 0 Å². The van der Waals surface area contributed by atoms with Crippen LogP contribution in [0.3, 0.4) is 0 Å². The molecule has 0 aliphatic rings. The molecule has 0 unspecified atom stereocenters. The van der Waals surface area contributed by atoms with E-state index in [9.17, 15) is 13.6 Å². The van der Waals surface area contributed by atoms with Crippen molar-refractivity contribution >= 4 is 18.1 Å². The number of nitrogens with one attached hydrogen (secondary N) is 3. The minimum Gasteiger partial charge on any atom is -0.494 e. The van der Waals surface area contributed by atoms with Gasteiger partial charge in [-0.2, -0.15) is 0 Å². The van der Waals surface area contributed by atoms with Crippen LogP contribution in [0, 0.1) is 17.0 Å². The van der Waals surface area contributed by atoms with Crippen molar-refractivity contribution in [3.8, 4) is 17.2 Å². The predicted molar refractivity (Wildman–Crippen MR) is 120 cm³/mol. The van der Waals surface area contributed by atoms with Crippen molar-refractivity contribution in [2.24, 2.45) is 0 Å². The smallest absolute Gasteiger partial charge is 0.331 e. The molecule has 0 bridgehead atoms. The standard InChI is InChI=1S/C22H27F2N5O5/c1-6-33-20(30)22(2,3)28-9-13(8-25)29-21-26-10-14(11-27-21)34-12-15-18(23)16(31-4)7-17(32-5)19(15)24/h7-11,25,28H,6,12H2,1-5H3,(H,26,27,29)/b13-9+,25-8?. The molecule has 0 aliphatic carbocycles. The van der Waals surface area contributed by atoms with Crippen LogP contribution in [0.5, 0.6) is 17.2 Å². The number of hydrogen-bond donors (Lipinski definition) is 3. The van der Waals surface area contributed by atoms with Crippen molar-refractivity contribution in [3.05, 3.63) is 47.6 Å². The molecular formula is C22H27F2N5O5. The highest BCUT2D eigenvalue weighted by Crippen LogP contribution is 2.31. The van der Waals surface area contributed by atoms with Gasteiger partial charge in [0.25, 0.3) is 0 Å². The zero-order chi connectivity index (χ0) is 25.3. The first kappa shape index (κ1) is 26.3. The Balaban J connectivity index is 2.07. The molecule has 12 heteroatoms. The Labute approximate surface area is 195 Å². The quantitative estimate of drug-likeness (QED) is 0.311. The van der Waals surface area contributed by atoms with Gasteiger partial charge in [-0.25, -0.2) is 23.5 Å². The maximum Gasteiger partial charge on any atom is 0.331 e. The number of carbonyl (C=O) groups excluding carboxylic acids is 1. The van der Waals surface area contributed by atoms with Gasteiger partial charge in [0.15, 0.2) is 28.9 Å². The van der Waals surface area contributed by atoms with E-state index >= 15 is 0 Å². The maximum atomic E-state index is 14.4. The average Bonchev–Trinajstić information content (AvgIpc) is 2.82. The fraction of sp³-hybridized carbons (Fsp3) is 0.364. The molecule has 1 aromatic heterocycles. The van der Waals surface area contributed by atoms with Gasteiger partial charge < -0.3 is 35.0 Å². The first-order chi connectivity index (χ1) is 16.2. The molecule has 1 aromatic carbocycles. The van der Waals surface area contributed by atoms with Crippen molar-refractivity contribution < 1.29 is 32.5 Å². The van der Waals surface area contributed by atoms with Gasteiger partial charge in [-0.1, -0.05) is 0 Å². The second-order valence-corrected chi connectivity index (χ2v) is 7.28. The predicted octanol–water partition coefficient (Wildman–Crippen LogP) is 3.19. The van der Waals surface area contributed by atoms with Gasteiger partial charge in [-0.05, 0) is 20.8 Å². The Hall–Kier alpha value is -3.96. The van der Waals surface area contributed by atoms with Crippen LogP contribution in [-0.4, -0.2) is 48.5 Å². The molecule has 0 radical (unpaired) electrons. The normalized spacial score (nSPS) is 11.4. The van der Waals surface area contributed by atoms with Gasteiger partial charge in [0.1, 0.15) is 12.1 Å². The number of anilines is 1. The first-order valence-corrected chi connectivity index (χ1v) is 10.1. The van der Waals surface area contributed by atoms with Crippen molar-refractivity contribution in [2.45, 2.75) is 32.9 Å². The molecular weight excluding hydrogens is 452 g/mol. The maximum absolute atomic E-state index is 14.4. The molecule has 0 saturated heterocycles. The molecule has 34 heavy (non-hydrogen) atoms. The number of hydrogen-bond acceptors (Lipinski definition) is 10. The van der Waals surface area contributed by atoms with Gasteiger partial charge in [0.05, 0.1) is 44.5 Å². The van der Waals surface area contributed by atoms with Crippen LogP contribution in [0.1, 0.15) is 26.3 Å². The third-order valence-electron chi connectivity index (χ3n) is 4.46. The molecule has 1 heterocycles. The summed E-state index contributed by atoms with van der Waals surface area (Å²) in [7, 11) is 2.51. The summed E-state index contributed by atoms with van der Waals surface area (Å²) in [5.74, 6) is -2.35. The second kappa shape index (κ2) is 11.8. The topological polar surface area (TPSA) is 128 Å².